The molecule has 1 aromatic heterocycles. The first-order valence-corrected chi connectivity index (χ1v) is 4.33. The van der Waals surface area contributed by atoms with Gasteiger partial charge in [0.25, 0.3) is 6.43 Å². The molecule has 1 rings (SSSR count). The maximum atomic E-state index is 12.2. The van der Waals surface area contributed by atoms with Crippen molar-refractivity contribution >= 4 is 34.7 Å². The van der Waals surface area contributed by atoms with Crippen molar-refractivity contribution in [1.82, 2.24) is 4.98 Å². The number of nitrogens with two attached hydrogens (primary N) is 1. The van der Waals surface area contributed by atoms with E-state index in [1.807, 2.05) is 22.6 Å². The predicted octanol–water partition coefficient (Wildman–Crippen LogP) is 2.02. The zero-order chi connectivity index (χ0) is 10.0. The highest BCUT2D eigenvalue weighted by Gasteiger charge is 2.16. The van der Waals surface area contributed by atoms with Crippen molar-refractivity contribution in [2.75, 3.05) is 5.73 Å². The van der Waals surface area contributed by atoms with Crippen LogP contribution < -0.4 is 5.73 Å². The highest BCUT2D eigenvalue weighted by molar-refractivity contribution is 14.1. The van der Waals surface area contributed by atoms with E-state index in [0.717, 1.165) is 0 Å². The average Bonchev–Trinajstić information content (AvgIpc) is 2.08. The normalized spacial score (nSPS) is 10.5. The molecule has 0 aliphatic rings. The van der Waals surface area contributed by atoms with Gasteiger partial charge in [0, 0.05) is 5.56 Å². The van der Waals surface area contributed by atoms with Crippen LogP contribution in [0.5, 0.6) is 0 Å². The van der Waals surface area contributed by atoms with Gasteiger partial charge in [0.15, 0.2) is 6.29 Å². The molecule has 1 heterocycles. The molecule has 70 valence electrons. The van der Waals surface area contributed by atoms with E-state index in [4.69, 9.17) is 5.73 Å². The van der Waals surface area contributed by atoms with Crippen LogP contribution in [0.2, 0.25) is 0 Å². The molecule has 0 unspecified atom stereocenters. The standard InChI is InChI=1S/C7H5F2IN2O/c8-6(9)5-3(2-13)1-4(10)7(11)12-5/h1-2,6H,(H2,11,12). The molecule has 0 atom stereocenters. The van der Waals surface area contributed by atoms with Crippen LogP contribution in [0, 0.1) is 3.57 Å². The van der Waals surface area contributed by atoms with Crippen molar-refractivity contribution in [3.05, 3.63) is 20.9 Å². The topological polar surface area (TPSA) is 56.0 Å². The first kappa shape index (κ1) is 10.3. The van der Waals surface area contributed by atoms with Crippen LogP contribution in [0.15, 0.2) is 6.07 Å². The van der Waals surface area contributed by atoms with Gasteiger partial charge in [-0.05, 0) is 28.7 Å². The van der Waals surface area contributed by atoms with Crippen molar-refractivity contribution in [3.63, 3.8) is 0 Å². The van der Waals surface area contributed by atoms with E-state index in [1.54, 1.807) is 0 Å². The minimum absolute atomic E-state index is 0.0153. The molecule has 0 amide bonds. The summed E-state index contributed by atoms with van der Waals surface area (Å²) in [6, 6.07) is 1.29. The van der Waals surface area contributed by atoms with E-state index in [0.29, 0.717) is 9.86 Å². The number of aromatic nitrogens is 1. The van der Waals surface area contributed by atoms with Gasteiger partial charge in [-0.1, -0.05) is 0 Å². The molecule has 0 fully saturated rings. The third-order valence-corrected chi connectivity index (χ3v) is 2.26. The van der Waals surface area contributed by atoms with Gasteiger partial charge >= 0.3 is 0 Å². The number of hydrogen-bond donors (Lipinski definition) is 1. The number of nitrogens with zero attached hydrogens (tertiary/aromatic N) is 1. The van der Waals surface area contributed by atoms with Crippen LogP contribution in [0.1, 0.15) is 22.5 Å². The van der Waals surface area contributed by atoms with Crippen LogP contribution >= 0.6 is 22.6 Å². The summed E-state index contributed by atoms with van der Waals surface area (Å²) in [7, 11) is 0. The van der Waals surface area contributed by atoms with Crippen LogP contribution in [0.4, 0.5) is 14.6 Å². The van der Waals surface area contributed by atoms with Crippen molar-refractivity contribution in [2.45, 2.75) is 6.43 Å². The van der Waals surface area contributed by atoms with E-state index in [-0.39, 0.29) is 11.4 Å². The van der Waals surface area contributed by atoms with Crippen molar-refractivity contribution < 1.29 is 13.6 Å². The Morgan fingerprint density at radius 1 is 1.62 bits per heavy atom. The lowest BCUT2D eigenvalue weighted by Crippen LogP contribution is -2.03. The molecule has 13 heavy (non-hydrogen) atoms. The maximum absolute atomic E-state index is 12.2. The molecule has 0 aromatic carbocycles. The second-order valence-corrected chi connectivity index (χ2v) is 3.41. The smallest absolute Gasteiger partial charge is 0.281 e. The number of halogens is 3. The van der Waals surface area contributed by atoms with Gasteiger partial charge in [0.2, 0.25) is 0 Å². The molecule has 0 bridgehead atoms. The van der Waals surface area contributed by atoms with Gasteiger partial charge < -0.3 is 5.73 Å². The van der Waals surface area contributed by atoms with Crippen LogP contribution in [-0.4, -0.2) is 11.3 Å². The van der Waals surface area contributed by atoms with Crippen LogP contribution in [0.25, 0.3) is 0 Å². The Hall–Kier alpha value is -0.790. The molecule has 1 aromatic rings. The SMILES string of the molecule is Nc1nc(C(F)F)c(C=O)cc1I. The fraction of sp³-hybridized carbons (Fsp3) is 0.143. The lowest BCUT2D eigenvalue weighted by Gasteiger charge is -2.04. The molecule has 3 nitrogen and oxygen atoms in total. The molecular weight excluding hydrogens is 293 g/mol. The van der Waals surface area contributed by atoms with Gasteiger partial charge in [-0.15, -0.1) is 0 Å². The summed E-state index contributed by atoms with van der Waals surface area (Å²) >= 11 is 1.82. The fourth-order valence-corrected chi connectivity index (χ4v) is 1.26. The lowest BCUT2D eigenvalue weighted by atomic mass is 10.2. The quantitative estimate of drug-likeness (QED) is 0.671. The van der Waals surface area contributed by atoms with Gasteiger partial charge in [0.1, 0.15) is 11.5 Å². The maximum Gasteiger partial charge on any atom is 0.281 e. The Bertz CT molecular complexity index is 344. The number of carbonyl (C=O) groups is 1. The highest BCUT2D eigenvalue weighted by atomic mass is 127. The zero-order valence-electron chi connectivity index (χ0n) is 6.30. The number of pyridine rings is 1. The minimum atomic E-state index is -2.78. The van der Waals surface area contributed by atoms with E-state index < -0.39 is 12.1 Å². The molecular formula is C7H5F2IN2O. The third kappa shape index (κ3) is 2.11. The molecule has 2 N–H and O–H groups in total. The Labute approximate surface area is 86.5 Å². The summed E-state index contributed by atoms with van der Waals surface area (Å²) in [6.45, 7) is 0. The van der Waals surface area contributed by atoms with E-state index in [9.17, 15) is 13.6 Å². The molecule has 0 saturated carbocycles. The Morgan fingerprint density at radius 3 is 2.69 bits per heavy atom. The van der Waals surface area contributed by atoms with E-state index >= 15 is 0 Å². The predicted molar refractivity (Wildman–Crippen MR) is 51.7 cm³/mol. The Kier molecular flexibility index (Phi) is 3.12. The van der Waals surface area contributed by atoms with E-state index in [2.05, 4.69) is 4.98 Å². The minimum Gasteiger partial charge on any atom is -0.383 e. The second-order valence-electron chi connectivity index (χ2n) is 2.25. The third-order valence-electron chi connectivity index (χ3n) is 1.40. The van der Waals surface area contributed by atoms with Gasteiger partial charge in [0.05, 0.1) is 3.57 Å². The lowest BCUT2D eigenvalue weighted by molar-refractivity contribution is 0.110. The number of rotatable bonds is 2. The molecule has 0 aliphatic carbocycles. The number of alkyl halides is 2. The molecule has 0 aliphatic heterocycles. The van der Waals surface area contributed by atoms with Crippen molar-refractivity contribution in [1.29, 1.82) is 0 Å². The largest absolute Gasteiger partial charge is 0.383 e. The molecule has 0 saturated heterocycles. The summed E-state index contributed by atoms with van der Waals surface area (Å²) in [4.78, 5) is 13.8. The summed E-state index contributed by atoms with van der Waals surface area (Å²) < 4.78 is 25.0. The molecule has 6 heteroatoms. The number of hydrogen-bond acceptors (Lipinski definition) is 3. The van der Waals surface area contributed by atoms with Gasteiger partial charge in [-0.25, -0.2) is 13.8 Å². The van der Waals surface area contributed by atoms with Gasteiger partial charge in [-0.3, -0.25) is 4.79 Å². The average molecular weight is 298 g/mol. The second kappa shape index (κ2) is 3.95. The number of aldehydes is 1. The molecule has 0 spiro atoms. The summed E-state index contributed by atoms with van der Waals surface area (Å²) in [5.41, 5.74) is 4.63. The zero-order valence-corrected chi connectivity index (χ0v) is 8.46. The summed E-state index contributed by atoms with van der Waals surface area (Å²) in [5.74, 6) is 0.0153. The first-order chi connectivity index (χ1) is 6.06. The summed E-state index contributed by atoms with van der Waals surface area (Å²) in [6.07, 6.45) is -2.43. The van der Waals surface area contributed by atoms with E-state index in [1.165, 1.54) is 6.07 Å². The molecule has 0 radical (unpaired) electrons. The highest BCUT2D eigenvalue weighted by Crippen LogP contribution is 2.23. The number of nitrogen functional groups attached to an aromatic ring is 1. The fourth-order valence-electron chi connectivity index (χ4n) is 0.801. The summed E-state index contributed by atoms with van der Waals surface area (Å²) in [5, 5.41) is 0. The first-order valence-electron chi connectivity index (χ1n) is 3.25. The Balaban J connectivity index is 3.32. The Morgan fingerprint density at radius 2 is 2.23 bits per heavy atom. The number of anilines is 1. The van der Waals surface area contributed by atoms with Crippen molar-refractivity contribution in [2.24, 2.45) is 0 Å². The van der Waals surface area contributed by atoms with Crippen LogP contribution in [0.3, 0.4) is 0 Å². The van der Waals surface area contributed by atoms with Crippen molar-refractivity contribution in [3.8, 4) is 0 Å². The number of carbonyl (C=O) groups excluding carboxylic acids is 1. The monoisotopic (exact) mass is 298 g/mol. The van der Waals surface area contributed by atoms with Crippen LogP contribution in [-0.2, 0) is 0 Å². The van der Waals surface area contributed by atoms with Gasteiger partial charge in [-0.2, -0.15) is 0 Å².